The predicted octanol–water partition coefficient (Wildman–Crippen LogP) is 2.87. The van der Waals surface area contributed by atoms with Gasteiger partial charge < -0.3 is 5.32 Å². The highest BCUT2D eigenvalue weighted by atomic mass is 35.5. The lowest BCUT2D eigenvalue weighted by Crippen LogP contribution is -2.33. The number of halogens is 1. The molecule has 1 N–H and O–H groups in total. The zero-order chi connectivity index (χ0) is 15.5. The number of sulfonamides is 1. The number of rotatable bonds is 8. The van der Waals surface area contributed by atoms with Crippen molar-refractivity contribution in [1.29, 1.82) is 0 Å². The van der Waals surface area contributed by atoms with Gasteiger partial charge in [0.25, 0.3) is 0 Å². The van der Waals surface area contributed by atoms with Gasteiger partial charge in [0.2, 0.25) is 10.0 Å². The van der Waals surface area contributed by atoms with E-state index in [1.807, 2.05) is 14.0 Å². The normalized spacial score (nSPS) is 15.6. The van der Waals surface area contributed by atoms with Crippen molar-refractivity contribution in [3.8, 4) is 0 Å². The molecule has 0 aromatic heterocycles. The van der Waals surface area contributed by atoms with Crippen molar-refractivity contribution in [2.45, 2.75) is 37.6 Å². The Bertz CT molecular complexity index is 585. The Morgan fingerprint density at radius 3 is 2.67 bits per heavy atom. The van der Waals surface area contributed by atoms with Crippen LogP contribution in [0.15, 0.2) is 23.1 Å². The van der Waals surface area contributed by atoms with Gasteiger partial charge in [0.05, 0.1) is 4.90 Å². The molecule has 2 rings (SSSR count). The number of nitrogens with zero attached hydrogens (tertiary/aromatic N) is 1. The minimum atomic E-state index is -3.43. The van der Waals surface area contributed by atoms with E-state index in [9.17, 15) is 8.42 Å². The summed E-state index contributed by atoms with van der Waals surface area (Å²) in [4.78, 5) is 0.339. The summed E-state index contributed by atoms with van der Waals surface area (Å²) in [6.45, 7) is 3.77. The Morgan fingerprint density at radius 2 is 2.10 bits per heavy atom. The van der Waals surface area contributed by atoms with Gasteiger partial charge in [-0.25, -0.2) is 8.42 Å². The molecule has 6 heteroatoms. The molecule has 118 valence electrons. The molecule has 0 radical (unpaired) electrons. The first-order valence-corrected chi connectivity index (χ1v) is 9.24. The Morgan fingerprint density at radius 1 is 1.38 bits per heavy atom. The molecule has 1 aliphatic rings. The third kappa shape index (κ3) is 4.19. The quantitative estimate of drug-likeness (QED) is 0.797. The summed E-state index contributed by atoms with van der Waals surface area (Å²) in [5.41, 5.74) is 0.808. The van der Waals surface area contributed by atoms with Crippen molar-refractivity contribution in [3.05, 3.63) is 28.8 Å². The van der Waals surface area contributed by atoms with Crippen LogP contribution < -0.4 is 5.32 Å². The van der Waals surface area contributed by atoms with Crippen LogP contribution in [-0.2, 0) is 16.6 Å². The molecule has 0 heterocycles. The van der Waals surface area contributed by atoms with Gasteiger partial charge >= 0.3 is 0 Å². The smallest absolute Gasteiger partial charge is 0.243 e. The minimum absolute atomic E-state index is 0.339. The highest BCUT2D eigenvalue weighted by Gasteiger charge is 2.31. The molecule has 0 spiro atoms. The van der Waals surface area contributed by atoms with Crippen LogP contribution in [0.5, 0.6) is 0 Å². The average molecular weight is 331 g/mol. The fourth-order valence-electron chi connectivity index (χ4n) is 2.33. The lowest BCUT2D eigenvalue weighted by molar-refractivity contribution is 0.395. The molecule has 0 atom stereocenters. The lowest BCUT2D eigenvalue weighted by atomic mass is 10.2. The first kappa shape index (κ1) is 16.7. The fraction of sp³-hybridized carbons (Fsp3) is 0.600. The summed E-state index contributed by atoms with van der Waals surface area (Å²) >= 11 is 6.11. The van der Waals surface area contributed by atoms with Crippen molar-refractivity contribution >= 4 is 21.6 Å². The van der Waals surface area contributed by atoms with E-state index in [1.54, 1.807) is 22.5 Å². The lowest BCUT2D eigenvalue weighted by Gasteiger charge is -2.22. The first-order valence-electron chi connectivity index (χ1n) is 7.42. The molecular formula is C15H23ClN2O2S. The number of nitrogens with one attached hydrogen (secondary N) is 1. The van der Waals surface area contributed by atoms with Crippen LogP contribution >= 0.6 is 11.6 Å². The summed E-state index contributed by atoms with van der Waals surface area (Å²) in [5.74, 6) is 0.537. The predicted molar refractivity (Wildman–Crippen MR) is 86.0 cm³/mol. The zero-order valence-corrected chi connectivity index (χ0v) is 14.2. The van der Waals surface area contributed by atoms with E-state index in [1.165, 1.54) is 0 Å². The molecule has 1 aromatic rings. The monoisotopic (exact) mass is 330 g/mol. The minimum Gasteiger partial charge on any atom is -0.316 e. The van der Waals surface area contributed by atoms with E-state index in [0.717, 1.165) is 24.8 Å². The van der Waals surface area contributed by atoms with Crippen molar-refractivity contribution < 1.29 is 8.42 Å². The van der Waals surface area contributed by atoms with Crippen molar-refractivity contribution in [3.63, 3.8) is 0 Å². The van der Waals surface area contributed by atoms with E-state index in [0.29, 0.717) is 35.5 Å². The maximum Gasteiger partial charge on any atom is 0.243 e. The van der Waals surface area contributed by atoms with Gasteiger partial charge in [0.15, 0.2) is 0 Å². The summed E-state index contributed by atoms with van der Waals surface area (Å²) in [6, 6.07) is 4.96. The molecule has 1 saturated carbocycles. The van der Waals surface area contributed by atoms with Gasteiger partial charge in [-0.3, -0.25) is 0 Å². The highest BCUT2D eigenvalue weighted by Crippen LogP contribution is 2.32. The highest BCUT2D eigenvalue weighted by molar-refractivity contribution is 7.89. The molecule has 21 heavy (non-hydrogen) atoms. The van der Waals surface area contributed by atoms with Gasteiger partial charge in [-0.1, -0.05) is 18.5 Å². The van der Waals surface area contributed by atoms with Crippen molar-refractivity contribution in [2.75, 3.05) is 20.1 Å². The topological polar surface area (TPSA) is 49.4 Å². The average Bonchev–Trinajstić information content (AvgIpc) is 3.25. The van der Waals surface area contributed by atoms with Gasteiger partial charge in [0, 0.05) is 24.7 Å². The van der Waals surface area contributed by atoms with Gasteiger partial charge in [0.1, 0.15) is 0 Å². The largest absolute Gasteiger partial charge is 0.316 e. The molecule has 0 bridgehead atoms. The molecule has 1 aliphatic carbocycles. The van der Waals surface area contributed by atoms with Gasteiger partial charge in [-0.15, -0.1) is 0 Å². The van der Waals surface area contributed by atoms with Crippen LogP contribution in [0.3, 0.4) is 0 Å². The van der Waals surface area contributed by atoms with E-state index < -0.39 is 10.0 Å². The first-order chi connectivity index (χ1) is 9.98. The van der Waals surface area contributed by atoms with Crippen LogP contribution in [-0.4, -0.2) is 32.9 Å². The van der Waals surface area contributed by atoms with E-state index in [4.69, 9.17) is 11.6 Å². The third-order valence-corrected chi connectivity index (χ3v) is 5.88. The maximum absolute atomic E-state index is 12.8. The zero-order valence-electron chi connectivity index (χ0n) is 12.6. The molecule has 0 aliphatic heterocycles. The standard InChI is InChI=1S/C15H23ClN2O2S/c1-3-8-18(11-12-4-5-12)21(19,20)14-6-7-15(16)13(9-14)10-17-2/h6-7,9,12,17H,3-5,8,10-11H2,1-2H3. The van der Waals surface area contributed by atoms with Crippen molar-refractivity contribution in [1.82, 2.24) is 9.62 Å². The van der Waals surface area contributed by atoms with Gasteiger partial charge in [-0.05, 0) is 56.0 Å². The summed E-state index contributed by atoms with van der Waals surface area (Å²) in [6.07, 6.45) is 3.10. The van der Waals surface area contributed by atoms with E-state index >= 15 is 0 Å². The summed E-state index contributed by atoms with van der Waals surface area (Å²) in [5, 5.41) is 3.60. The molecule has 0 saturated heterocycles. The van der Waals surface area contributed by atoms with Crippen LogP contribution in [0.2, 0.25) is 5.02 Å². The number of benzene rings is 1. The molecular weight excluding hydrogens is 308 g/mol. The van der Waals surface area contributed by atoms with E-state index in [2.05, 4.69) is 5.32 Å². The summed E-state index contributed by atoms with van der Waals surface area (Å²) in [7, 11) is -1.62. The Hall–Kier alpha value is -0.620. The molecule has 1 fully saturated rings. The SMILES string of the molecule is CCCN(CC1CC1)S(=O)(=O)c1ccc(Cl)c(CNC)c1. The van der Waals surface area contributed by atoms with Crippen molar-refractivity contribution in [2.24, 2.45) is 5.92 Å². The number of hydrogen-bond donors (Lipinski definition) is 1. The van der Waals surface area contributed by atoms with Crippen LogP contribution in [0.1, 0.15) is 31.7 Å². The molecule has 0 amide bonds. The molecule has 0 unspecified atom stereocenters. The second kappa shape index (κ2) is 7.09. The molecule has 1 aromatic carbocycles. The maximum atomic E-state index is 12.8. The third-order valence-electron chi connectivity index (χ3n) is 3.65. The Kier molecular flexibility index (Phi) is 5.66. The Labute approximate surface area is 132 Å². The second-order valence-corrected chi connectivity index (χ2v) is 7.94. The van der Waals surface area contributed by atoms with Crippen LogP contribution in [0.4, 0.5) is 0 Å². The second-order valence-electron chi connectivity index (χ2n) is 5.59. The Balaban J connectivity index is 2.29. The van der Waals surface area contributed by atoms with E-state index in [-0.39, 0.29) is 0 Å². The number of hydrogen-bond acceptors (Lipinski definition) is 3. The molecule has 4 nitrogen and oxygen atoms in total. The summed E-state index contributed by atoms with van der Waals surface area (Å²) < 4.78 is 27.3. The van der Waals surface area contributed by atoms with Crippen LogP contribution in [0, 0.1) is 5.92 Å². The fourth-order valence-corrected chi connectivity index (χ4v) is 4.18. The van der Waals surface area contributed by atoms with Crippen LogP contribution in [0.25, 0.3) is 0 Å². The van der Waals surface area contributed by atoms with Gasteiger partial charge in [-0.2, -0.15) is 4.31 Å².